The largest absolute Gasteiger partial charge is 0.487 e. The second-order valence-electron chi connectivity index (χ2n) is 8.39. The lowest BCUT2D eigenvalue weighted by molar-refractivity contribution is -0.137. The Hall–Kier alpha value is -4.19. The maximum atomic E-state index is 14.2. The molecule has 1 atom stereocenters. The molecule has 0 aliphatic heterocycles. The van der Waals surface area contributed by atoms with Crippen LogP contribution in [0.25, 0.3) is 10.8 Å². The van der Waals surface area contributed by atoms with E-state index in [9.17, 15) is 14.0 Å². The van der Waals surface area contributed by atoms with Gasteiger partial charge in [-0.15, -0.1) is 0 Å². The first-order valence-electron chi connectivity index (χ1n) is 11.4. The predicted octanol–water partition coefficient (Wildman–Crippen LogP) is 6.32. The molecule has 6 heteroatoms. The highest BCUT2D eigenvalue weighted by Crippen LogP contribution is 2.30. The first-order chi connectivity index (χ1) is 16.9. The van der Waals surface area contributed by atoms with Gasteiger partial charge in [0.15, 0.2) is 0 Å². The number of para-hydroxylation sites is 2. The first kappa shape index (κ1) is 24.0. The lowest BCUT2D eigenvalue weighted by Gasteiger charge is -2.17. The Labute approximate surface area is 203 Å². The number of rotatable bonds is 9. The van der Waals surface area contributed by atoms with Crippen LogP contribution in [-0.4, -0.2) is 17.0 Å². The summed E-state index contributed by atoms with van der Waals surface area (Å²) in [4.78, 5) is 23.8. The zero-order chi connectivity index (χ0) is 24.8. The van der Waals surface area contributed by atoms with Gasteiger partial charge in [-0.1, -0.05) is 66.7 Å². The van der Waals surface area contributed by atoms with Gasteiger partial charge in [0.25, 0.3) is 0 Å². The Balaban J connectivity index is 1.44. The van der Waals surface area contributed by atoms with Crippen molar-refractivity contribution in [2.45, 2.75) is 32.3 Å². The minimum Gasteiger partial charge on any atom is -0.487 e. The highest BCUT2D eigenvalue weighted by molar-refractivity contribution is 6.00. The van der Waals surface area contributed by atoms with Crippen LogP contribution < -0.4 is 10.1 Å². The number of ether oxygens (including phenoxy) is 1. The van der Waals surface area contributed by atoms with Crippen LogP contribution >= 0.6 is 0 Å². The number of carbonyl (C=O) groups is 2. The van der Waals surface area contributed by atoms with E-state index in [0.717, 1.165) is 16.7 Å². The number of anilines is 1. The number of aryl methyl sites for hydroxylation is 1. The van der Waals surface area contributed by atoms with Crippen molar-refractivity contribution in [1.82, 2.24) is 0 Å². The lowest BCUT2D eigenvalue weighted by Crippen LogP contribution is -2.19. The molecular weight excluding hydrogens is 445 g/mol. The highest BCUT2D eigenvalue weighted by atomic mass is 19.1. The van der Waals surface area contributed by atoms with E-state index in [2.05, 4.69) is 5.32 Å². The fourth-order valence-electron chi connectivity index (χ4n) is 3.96. The summed E-state index contributed by atoms with van der Waals surface area (Å²) in [6.45, 7) is 2.09. The van der Waals surface area contributed by atoms with Crippen molar-refractivity contribution in [3.63, 3.8) is 0 Å². The fourth-order valence-corrected chi connectivity index (χ4v) is 3.96. The molecule has 0 aliphatic rings. The number of carbonyl (C=O) groups excluding carboxylic acids is 1. The van der Waals surface area contributed by atoms with Gasteiger partial charge < -0.3 is 15.2 Å². The van der Waals surface area contributed by atoms with Crippen molar-refractivity contribution in [2.75, 3.05) is 5.32 Å². The lowest BCUT2D eigenvalue weighted by atomic mass is 9.94. The molecule has 4 rings (SSSR count). The van der Waals surface area contributed by atoms with E-state index in [1.165, 1.54) is 6.07 Å². The van der Waals surface area contributed by atoms with Crippen LogP contribution in [0.3, 0.4) is 0 Å². The van der Waals surface area contributed by atoms with Crippen molar-refractivity contribution >= 4 is 28.3 Å². The van der Waals surface area contributed by atoms with Crippen molar-refractivity contribution in [3.05, 3.63) is 107 Å². The second-order valence-corrected chi connectivity index (χ2v) is 8.39. The minimum atomic E-state index is -0.821. The average Bonchev–Trinajstić information content (AvgIpc) is 2.87. The van der Waals surface area contributed by atoms with E-state index in [1.54, 1.807) is 37.3 Å². The van der Waals surface area contributed by atoms with Gasteiger partial charge in [-0.3, -0.25) is 9.59 Å². The summed E-state index contributed by atoms with van der Waals surface area (Å²) in [6.07, 6.45) is 0.571. The summed E-state index contributed by atoms with van der Waals surface area (Å²) >= 11 is 0. The Kier molecular flexibility index (Phi) is 7.41. The summed E-state index contributed by atoms with van der Waals surface area (Å²) < 4.78 is 20.2. The Morgan fingerprint density at radius 3 is 2.29 bits per heavy atom. The van der Waals surface area contributed by atoms with E-state index >= 15 is 0 Å². The van der Waals surface area contributed by atoms with E-state index in [-0.39, 0.29) is 18.1 Å². The molecule has 0 fully saturated rings. The molecule has 1 amide bonds. The van der Waals surface area contributed by atoms with Crippen LogP contribution in [0.5, 0.6) is 5.75 Å². The third kappa shape index (κ3) is 5.84. The Morgan fingerprint density at radius 1 is 0.886 bits per heavy atom. The van der Waals surface area contributed by atoms with Gasteiger partial charge in [0.2, 0.25) is 5.91 Å². The number of nitrogens with one attached hydrogen (secondary N) is 1. The molecule has 35 heavy (non-hydrogen) atoms. The maximum Gasteiger partial charge on any atom is 0.303 e. The molecule has 0 aliphatic carbocycles. The first-order valence-corrected chi connectivity index (χ1v) is 11.4. The molecule has 0 radical (unpaired) electrons. The average molecular weight is 472 g/mol. The molecule has 0 saturated carbocycles. The van der Waals surface area contributed by atoms with E-state index < -0.39 is 11.9 Å². The van der Waals surface area contributed by atoms with Crippen LogP contribution in [0, 0.1) is 5.82 Å². The monoisotopic (exact) mass is 471 g/mol. The summed E-state index contributed by atoms with van der Waals surface area (Å²) in [6, 6.07) is 25.0. The molecule has 4 aromatic rings. The quantitative estimate of drug-likeness (QED) is 0.300. The molecule has 5 nitrogen and oxygen atoms in total. The molecule has 178 valence electrons. The normalized spacial score (nSPS) is 11.7. The summed E-state index contributed by atoms with van der Waals surface area (Å²) in [5.41, 5.74) is 3.18. The van der Waals surface area contributed by atoms with Gasteiger partial charge in [0.1, 0.15) is 18.2 Å². The van der Waals surface area contributed by atoms with Crippen LogP contribution in [0.2, 0.25) is 0 Å². The van der Waals surface area contributed by atoms with Crippen LogP contribution in [0.4, 0.5) is 10.1 Å². The molecule has 0 heterocycles. The number of hydrogen-bond donors (Lipinski definition) is 2. The van der Waals surface area contributed by atoms with Crippen LogP contribution in [0.15, 0.2) is 84.9 Å². The highest BCUT2D eigenvalue weighted by Gasteiger charge is 2.20. The number of hydrogen-bond acceptors (Lipinski definition) is 3. The van der Waals surface area contributed by atoms with Gasteiger partial charge in [0.05, 0.1) is 11.6 Å². The Morgan fingerprint density at radius 2 is 1.54 bits per heavy atom. The van der Waals surface area contributed by atoms with Crippen LogP contribution in [0.1, 0.15) is 36.0 Å². The van der Waals surface area contributed by atoms with Crippen LogP contribution in [-0.2, 0) is 22.6 Å². The number of carboxylic acid groups (broad SMARTS) is 1. The molecule has 0 bridgehead atoms. The van der Waals surface area contributed by atoms with E-state index in [4.69, 9.17) is 9.84 Å². The Bertz CT molecular complexity index is 1350. The molecule has 1 unspecified atom stereocenters. The van der Waals surface area contributed by atoms with Gasteiger partial charge in [0, 0.05) is 11.8 Å². The SMILES string of the molecule is CC(C(=O)Nc1ccccc1OCc1ccc(CCC(=O)O)cc1)c1ccc(F)c2ccccc12. The van der Waals surface area contributed by atoms with Crippen molar-refractivity contribution < 1.29 is 23.8 Å². The third-order valence-electron chi connectivity index (χ3n) is 5.95. The number of carboxylic acids is 1. The van der Waals surface area contributed by atoms with Gasteiger partial charge in [-0.25, -0.2) is 4.39 Å². The van der Waals surface area contributed by atoms with Gasteiger partial charge in [-0.2, -0.15) is 0 Å². The van der Waals surface area contributed by atoms with Crippen molar-refractivity contribution in [1.29, 1.82) is 0 Å². The smallest absolute Gasteiger partial charge is 0.303 e. The number of aliphatic carboxylic acids is 1. The number of benzene rings is 4. The van der Waals surface area contributed by atoms with Crippen molar-refractivity contribution in [2.24, 2.45) is 0 Å². The molecule has 0 saturated heterocycles. The predicted molar refractivity (Wildman–Crippen MR) is 134 cm³/mol. The minimum absolute atomic E-state index is 0.0923. The molecule has 2 N–H and O–H groups in total. The fraction of sp³-hybridized carbons (Fsp3) is 0.172. The third-order valence-corrected chi connectivity index (χ3v) is 5.95. The zero-order valence-electron chi connectivity index (χ0n) is 19.3. The number of halogens is 1. The van der Waals surface area contributed by atoms with Gasteiger partial charge >= 0.3 is 5.97 Å². The number of amides is 1. The van der Waals surface area contributed by atoms with E-state index in [1.807, 2.05) is 48.5 Å². The topological polar surface area (TPSA) is 75.6 Å². The molecular formula is C29H26FNO4. The van der Waals surface area contributed by atoms with Gasteiger partial charge in [-0.05, 0) is 53.6 Å². The number of fused-ring (bicyclic) bond motifs is 1. The zero-order valence-corrected chi connectivity index (χ0v) is 19.3. The maximum absolute atomic E-state index is 14.2. The summed E-state index contributed by atoms with van der Waals surface area (Å²) in [5, 5.41) is 13.0. The summed E-state index contributed by atoms with van der Waals surface area (Å²) in [5.74, 6) is -1.33. The molecule has 4 aromatic carbocycles. The summed E-state index contributed by atoms with van der Waals surface area (Å²) in [7, 11) is 0. The van der Waals surface area contributed by atoms with E-state index in [0.29, 0.717) is 35.2 Å². The second kappa shape index (κ2) is 10.8. The molecule has 0 aromatic heterocycles. The molecule has 0 spiro atoms. The standard InChI is InChI=1S/C29H26FNO4/c1-19(22-15-16-25(30)24-7-3-2-6-23(22)24)29(34)31-26-8-4-5-9-27(26)35-18-21-12-10-20(11-13-21)14-17-28(32)33/h2-13,15-16,19H,14,17-18H2,1H3,(H,31,34)(H,32,33). The van der Waals surface area contributed by atoms with Crippen molar-refractivity contribution in [3.8, 4) is 5.75 Å².